The molecule has 2 aliphatic rings. The molecule has 0 fully saturated rings. The number of hydrogen-bond acceptors (Lipinski definition) is 10. The van der Waals surface area contributed by atoms with Gasteiger partial charge in [-0.1, -0.05) is 33.1 Å². The average Bonchev–Trinajstić information content (AvgIpc) is 2.73. The van der Waals surface area contributed by atoms with Crippen molar-refractivity contribution in [2.45, 2.75) is 71.6 Å². The fourth-order valence-corrected chi connectivity index (χ4v) is 3.66. The van der Waals surface area contributed by atoms with E-state index >= 15 is 0 Å². The zero-order valence-corrected chi connectivity index (χ0v) is 20.3. The van der Waals surface area contributed by atoms with Crippen molar-refractivity contribution in [1.29, 1.82) is 0 Å². The Kier molecular flexibility index (Phi) is 9.39. The molecule has 4 N–H and O–H groups in total. The third kappa shape index (κ3) is 6.73. The molecule has 2 heterocycles. The molecule has 0 saturated heterocycles. The van der Waals surface area contributed by atoms with Crippen LogP contribution in [0.3, 0.4) is 0 Å². The average molecular weight is 435 g/mol. The second-order valence-corrected chi connectivity index (χ2v) is 8.35. The SMILES string of the molecule is CCCCCN(C)C1=NC(CCN2C(N)=NC(C)N=C2N(C)CCCC)N=C(N)N1C. The van der Waals surface area contributed by atoms with E-state index in [1.165, 1.54) is 12.8 Å². The van der Waals surface area contributed by atoms with Gasteiger partial charge in [0.2, 0.25) is 11.9 Å². The summed E-state index contributed by atoms with van der Waals surface area (Å²) in [4.78, 5) is 26.8. The second-order valence-electron chi connectivity index (χ2n) is 8.35. The van der Waals surface area contributed by atoms with Crippen molar-refractivity contribution in [3.05, 3.63) is 0 Å². The minimum Gasteiger partial charge on any atom is -0.369 e. The summed E-state index contributed by atoms with van der Waals surface area (Å²) in [7, 11) is 6.03. The van der Waals surface area contributed by atoms with Gasteiger partial charge in [-0.15, -0.1) is 0 Å². The third-order valence-electron chi connectivity index (χ3n) is 5.57. The van der Waals surface area contributed by atoms with Gasteiger partial charge in [0.25, 0.3) is 0 Å². The Labute approximate surface area is 187 Å². The van der Waals surface area contributed by atoms with Gasteiger partial charge in [0.05, 0.1) is 0 Å². The highest BCUT2D eigenvalue weighted by molar-refractivity contribution is 6.00. The molecule has 0 amide bonds. The van der Waals surface area contributed by atoms with Crippen molar-refractivity contribution in [3.8, 4) is 0 Å². The summed E-state index contributed by atoms with van der Waals surface area (Å²) >= 11 is 0. The first-order valence-electron chi connectivity index (χ1n) is 11.5. The van der Waals surface area contributed by atoms with Crippen molar-refractivity contribution >= 4 is 23.8 Å². The number of nitrogens with zero attached hydrogens (tertiary/aromatic N) is 8. The van der Waals surface area contributed by atoms with Gasteiger partial charge in [0.1, 0.15) is 12.3 Å². The van der Waals surface area contributed by atoms with Gasteiger partial charge in [0, 0.05) is 47.2 Å². The van der Waals surface area contributed by atoms with Crippen LogP contribution in [-0.2, 0) is 0 Å². The fourth-order valence-electron chi connectivity index (χ4n) is 3.66. The second kappa shape index (κ2) is 11.8. The number of rotatable bonds is 10. The molecule has 0 saturated carbocycles. The minimum atomic E-state index is -0.255. The summed E-state index contributed by atoms with van der Waals surface area (Å²) in [5.41, 5.74) is 12.5. The Morgan fingerprint density at radius 2 is 1.48 bits per heavy atom. The maximum absolute atomic E-state index is 6.29. The molecule has 0 aromatic heterocycles. The number of unbranched alkanes of at least 4 members (excludes halogenated alkanes) is 3. The van der Waals surface area contributed by atoms with Crippen LogP contribution < -0.4 is 11.5 Å². The number of hydrogen-bond donors (Lipinski definition) is 2. The first-order valence-corrected chi connectivity index (χ1v) is 11.5. The van der Waals surface area contributed by atoms with Gasteiger partial charge in [-0.2, -0.15) is 0 Å². The van der Waals surface area contributed by atoms with Gasteiger partial charge >= 0.3 is 0 Å². The lowest BCUT2D eigenvalue weighted by Gasteiger charge is -2.36. The monoisotopic (exact) mass is 434 g/mol. The van der Waals surface area contributed by atoms with Crippen LogP contribution in [0, 0.1) is 0 Å². The largest absolute Gasteiger partial charge is 0.369 e. The van der Waals surface area contributed by atoms with E-state index in [1.54, 1.807) is 0 Å². The standard InChI is InChI=1S/C21H42N10/c1-7-9-11-14-28(4)20-27-17(26-18(22)30(20)6)12-15-31-19(23)24-16(3)25-21(31)29(5)13-10-8-2/h16-17H,7-15H2,1-6H3,(H2,22,26)(H2,23,24). The number of guanidine groups is 4. The lowest BCUT2D eigenvalue weighted by molar-refractivity contribution is 0.384. The Morgan fingerprint density at radius 3 is 2.16 bits per heavy atom. The Morgan fingerprint density at radius 1 is 0.839 bits per heavy atom. The first-order chi connectivity index (χ1) is 14.8. The lowest BCUT2D eigenvalue weighted by atomic mass is 10.2. The van der Waals surface area contributed by atoms with Gasteiger partial charge in [0.15, 0.2) is 11.9 Å². The van der Waals surface area contributed by atoms with Crippen LogP contribution in [0.1, 0.15) is 59.3 Å². The van der Waals surface area contributed by atoms with E-state index in [0.717, 1.165) is 44.3 Å². The molecule has 0 radical (unpaired) electrons. The Bertz CT molecular complexity index is 698. The van der Waals surface area contributed by atoms with Crippen LogP contribution in [0.5, 0.6) is 0 Å². The third-order valence-corrected chi connectivity index (χ3v) is 5.57. The molecule has 10 heteroatoms. The molecule has 0 aliphatic carbocycles. The van der Waals surface area contributed by atoms with Crippen molar-refractivity contribution in [2.75, 3.05) is 40.8 Å². The lowest BCUT2D eigenvalue weighted by Crippen LogP contribution is -2.53. The quantitative estimate of drug-likeness (QED) is 0.504. The predicted molar refractivity (Wildman–Crippen MR) is 130 cm³/mol. The smallest absolute Gasteiger partial charge is 0.205 e. The molecule has 0 aromatic carbocycles. The van der Waals surface area contributed by atoms with E-state index in [9.17, 15) is 0 Å². The van der Waals surface area contributed by atoms with E-state index in [0.29, 0.717) is 24.9 Å². The number of aliphatic imine (C=N–C) groups is 4. The van der Waals surface area contributed by atoms with Crippen molar-refractivity contribution in [2.24, 2.45) is 31.4 Å². The van der Waals surface area contributed by atoms with Gasteiger partial charge in [-0.05, 0) is 19.8 Å². The van der Waals surface area contributed by atoms with Crippen LogP contribution in [0.25, 0.3) is 0 Å². The summed E-state index contributed by atoms with van der Waals surface area (Å²) in [5.74, 6) is 2.70. The molecule has 0 aromatic rings. The zero-order valence-electron chi connectivity index (χ0n) is 20.3. The van der Waals surface area contributed by atoms with Crippen LogP contribution in [0.2, 0.25) is 0 Å². The highest BCUT2D eigenvalue weighted by Gasteiger charge is 2.27. The molecule has 2 rings (SSSR count). The van der Waals surface area contributed by atoms with Gasteiger partial charge in [-0.3, -0.25) is 9.80 Å². The first kappa shape index (κ1) is 24.7. The molecule has 0 bridgehead atoms. The van der Waals surface area contributed by atoms with Crippen LogP contribution in [-0.4, -0.2) is 96.5 Å². The van der Waals surface area contributed by atoms with Crippen LogP contribution in [0.15, 0.2) is 20.0 Å². The van der Waals surface area contributed by atoms with Gasteiger partial charge in [-0.25, -0.2) is 20.0 Å². The van der Waals surface area contributed by atoms with Crippen molar-refractivity contribution < 1.29 is 0 Å². The molecular weight excluding hydrogens is 392 g/mol. The summed E-state index contributed by atoms with van der Waals surface area (Å²) in [6.07, 6.45) is 6.00. The Balaban J connectivity index is 2.09. The highest BCUT2D eigenvalue weighted by Crippen LogP contribution is 2.15. The summed E-state index contributed by atoms with van der Waals surface area (Å²) < 4.78 is 0. The fraction of sp³-hybridized carbons (Fsp3) is 0.810. The Hall–Kier alpha value is -2.52. The zero-order chi connectivity index (χ0) is 23.0. The summed E-state index contributed by atoms with van der Waals surface area (Å²) in [5, 5.41) is 0. The van der Waals surface area contributed by atoms with E-state index in [4.69, 9.17) is 21.5 Å². The summed E-state index contributed by atoms with van der Waals surface area (Å²) in [6, 6.07) is 0. The normalized spacial score (nSPS) is 21.4. The predicted octanol–water partition coefficient (Wildman–Crippen LogP) is 1.50. The maximum Gasteiger partial charge on any atom is 0.205 e. The van der Waals surface area contributed by atoms with Crippen LogP contribution >= 0.6 is 0 Å². The van der Waals surface area contributed by atoms with E-state index in [1.807, 2.05) is 23.8 Å². The van der Waals surface area contributed by atoms with Crippen molar-refractivity contribution in [3.63, 3.8) is 0 Å². The molecule has 176 valence electrons. The molecule has 2 atom stereocenters. The van der Waals surface area contributed by atoms with Crippen molar-refractivity contribution in [1.82, 2.24) is 19.6 Å². The van der Waals surface area contributed by atoms with Crippen LogP contribution in [0.4, 0.5) is 0 Å². The molecule has 2 aliphatic heterocycles. The highest BCUT2D eigenvalue weighted by atomic mass is 15.5. The maximum atomic E-state index is 6.29. The molecule has 10 nitrogen and oxygen atoms in total. The van der Waals surface area contributed by atoms with Gasteiger partial charge < -0.3 is 21.3 Å². The molecule has 0 spiro atoms. The molecule has 2 unspecified atom stereocenters. The minimum absolute atomic E-state index is 0.172. The van der Waals surface area contributed by atoms with E-state index in [2.05, 4.69) is 47.7 Å². The van der Waals surface area contributed by atoms with E-state index < -0.39 is 0 Å². The topological polar surface area (TPSA) is 114 Å². The molecular formula is C21H42N10. The van der Waals surface area contributed by atoms with E-state index in [-0.39, 0.29) is 12.3 Å². The number of nitrogens with two attached hydrogens (primary N) is 2. The summed E-state index contributed by atoms with van der Waals surface area (Å²) in [6.45, 7) is 8.84. The molecule has 31 heavy (non-hydrogen) atoms.